The zero-order chi connectivity index (χ0) is 11.7. The number of anilines is 1. The highest BCUT2D eigenvalue weighted by atomic mass is 35.5. The standard InChI is InChI=1S/C11H11ClN2O2/c1-6-8(12)3-7(4-9(6)15-2)10-5-11(13)14-16-10/h3-5H,1-2H3,(H2,13,14). The van der Waals surface area contributed by atoms with E-state index in [9.17, 15) is 0 Å². The molecule has 0 spiro atoms. The third kappa shape index (κ3) is 1.84. The van der Waals surface area contributed by atoms with Crippen molar-refractivity contribution in [2.75, 3.05) is 12.8 Å². The van der Waals surface area contributed by atoms with Crippen molar-refractivity contribution in [2.45, 2.75) is 6.92 Å². The van der Waals surface area contributed by atoms with Gasteiger partial charge in [0.05, 0.1) is 7.11 Å². The molecule has 84 valence electrons. The summed E-state index contributed by atoms with van der Waals surface area (Å²) in [6.07, 6.45) is 0. The topological polar surface area (TPSA) is 61.3 Å². The van der Waals surface area contributed by atoms with Crippen LogP contribution in [0, 0.1) is 6.92 Å². The Morgan fingerprint density at radius 1 is 1.38 bits per heavy atom. The van der Waals surface area contributed by atoms with Gasteiger partial charge in [0.1, 0.15) is 5.75 Å². The molecule has 0 radical (unpaired) electrons. The van der Waals surface area contributed by atoms with Gasteiger partial charge in [-0.05, 0) is 19.1 Å². The Balaban J connectivity index is 2.54. The summed E-state index contributed by atoms with van der Waals surface area (Å²) in [5, 5.41) is 4.23. The highest BCUT2D eigenvalue weighted by Crippen LogP contribution is 2.33. The minimum atomic E-state index is 0.339. The number of ether oxygens (including phenoxy) is 1. The van der Waals surface area contributed by atoms with Crippen LogP contribution in [0.2, 0.25) is 5.02 Å². The molecule has 16 heavy (non-hydrogen) atoms. The Labute approximate surface area is 97.9 Å². The second-order valence-electron chi connectivity index (χ2n) is 3.40. The molecule has 2 rings (SSSR count). The molecule has 2 N–H and O–H groups in total. The third-order valence-corrected chi connectivity index (χ3v) is 2.72. The molecule has 0 saturated carbocycles. The van der Waals surface area contributed by atoms with E-state index in [1.807, 2.05) is 13.0 Å². The van der Waals surface area contributed by atoms with E-state index in [-0.39, 0.29) is 0 Å². The van der Waals surface area contributed by atoms with Gasteiger partial charge in [0.2, 0.25) is 0 Å². The van der Waals surface area contributed by atoms with Crippen LogP contribution in [0.25, 0.3) is 11.3 Å². The van der Waals surface area contributed by atoms with E-state index in [4.69, 9.17) is 26.6 Å². The molecule has 0 saturated heterocycles. The second kappa shape index (κ2) is 4.06. The molecule has 0 aliphatic heterocycles. The molecule has 0 aliphatic carbocycles. The molecule has 0 atom stereocenters. The van der Waals surface area contributed by atoms with Crippen LogP contribution in [0.5, 0.6) is 5.75 Å². The number of aromatic nitrogens is 1. The van der Waals surface area contributed by atoms with E-state index in [0.717, 1.165) is 11.1 Å². The Kier molecular flexibility index (Phi) is 2.75. The van der Waals surface area contributed by atoms with Crippen molar-refractivity contribution in [3.05, 3.63) is 28.8 Å². The number of halogens is 1. The molecule has 1 aromatic heterocycles. The minimum Gasteiger partial charge on any atom is -0.496 e. The average Bonchev–Trinajstić information content (AvgIpc) is 2.69. The monoisotopic (exact) mass is 238 g/mol. The molecule has 1 heterocycles. The van der Waals surface area contributed by atoms with Crippen LogP contribution >= 0.6 is 11.6 Å². The fraction of sp³-hybridized carbons (Fsp3) is 0.182. The zero-order valence-electron chi connectivity index (χ0n) is 8.95. The quantitative estimate of drug-likeness (QED) is 0.874. The van der Waals surface area contributed by atoms with Crippen molar-refractivity contribution in [3.8, 4) is 17.1 Å². The SMILES string of the molecule is COc1cc(-c2cc(N)no2)cc(Cl)c1C. The van der Waals surface area contributed by atoms with E-state index in [2.05, 4.69) is 5.16 Å². The number of benzene rings is 1. The third-order valence-electron chi connectivity index (χ3n) is 2.33. The lowest BCUT2D eigenvalue weighted by molar-refractivity contribution is 0.410. The predicted molar refractivity (Wildman–Crippen MR) is 62.7 cm³/mol. The molecule has 1 aromatic carbocycles. The average molecular weight is 239 g/mol. The van der Waals surface area contributed by atoms with Crippen LogP contribution in [0.3, 0.4) is 0 Å². The smallest absolute Gasteiger partial charge is 0.169 e. The van der Waals surface area contributed by atoms with Gasteiger partial charge in [-0.15, -0.1) is 0 Å². The lowest BCUT2D eigenvalue weighted by atomic mass is 10.1. The molecule has 0 unspecified atom stereocenters. The van der Waals surface area contributed by atoms with Crippen molar-refractivity contribution in [1.29, 1.82) is 0 Å². The molecular formula is C11H11ClN2O2. The van der Waals surface area contributed by atoms with Gasteiger partial charge in [0.25, 0.3) is 0 Å². The maximum atomic E-state index is 6.08. The van der Waals surface area contributed by atoms with Gasteiger partial charge in [-0.25, -0.2) is 0 Å². The minimum absolute atomic E-state index is 0.339. The molecule has 2 aromatic rings. The Morgan fingerprint density at radius 3 is 2.69 bits per heavy atom. The van der Waals surface area contributed by atoms with Crippen molar-refractivity contribution >= 4 is 17.4 Å². The van der Waals surface area contributed by atoms with Crippen molar-refractivity contribution in [1.82, 2.24) is 5.16 Å². The number of rotatable bonds is 2. The maximum absolute atomic E-state index is 6.08. The summed E-state index contributed by atoms with van der Waals surface area (Å²) in [6.45, 7) is 1.89. The van der Waals surface area contributed by atoms with Gasteiger partial charge in [0, 0.05) is 22.2 Å². The highest BCUT2D eigenvalue weighted by molar-refractivity contribution is 6.31. The number of nitrogens with two attached hydrogens (primary N) is 1. The Morgan fingerprint density at radius 2 is 2.12 bits per heavy atom. The van der Waals surface area contributed by atoms with Gasteiger partial charge >= 0.3 is 0 Å². The number of nitrogens with zero attached hydrogens (tertiary/aromatic N) is 1. The van der Waals surface area contributed by atoms with Crippen LogP contribution in [0.15, 0.2) is 22.7 Å². The van der Waals surface area contributed by atoms with E-state index in [1.165, 1.54) is 0 Å². The second-order valence-corrected chi connectivity index (χ2v) is 3.81. The first-order valence-electron chi connectivity index (χ1n) is 4.68. The predicted octanol–water partition coefficient (Wildman–Crippen LogP) is 2.89. The zero-order valence-corrected chi connectivity index (χ0v) is 9.71. The fourth-order valence-corrected chi connectivity index (χ4v) is 1.64. The first-order valence-corrected chi connectivity index (χ1v) is 5.06. The van der Waals surface area contributed by atoms with Gasteiger partial charge in [0.15, 0.2) is 11.6 Å². The summed E-state index contributed by atoms with van der Waals surface area (Å²) in [7, 11) is 1.59. The summed E-state index contributed by atoms with van der Waals surface area (Å²) < 4.78 is 10.3. The first kappa shape index (κ1) is 10.8. The van der Waals surface area contributed by atoms with Gasteiger partial charge in [-0.3, -0.25) is 0 Å². The molecule has 0 amide bonds. The van der Waals surface area contributed by atoms with Gasteiger partial charge < -0.3 is 15.0 Å². The molecule has 0 aliphatic rings. The summed E-state index contributed by atoms with van der Waals surface area (Å²) >= 11 is 6.08. The summed E-state index contributed by atoms with van der Waals surface area (Å²) in [4.78, 5) is 0. The highest BCUT2D eigenvalue weighted by Gasteiger charge is 2.11. The molecule has 4 nitrogen and oxygen atoms in total. The van der Waals surface area contributed by atoms with E-state index in [1.54, 1.807) is 19.2 Å². The largest absolute Gasteiger partial charge is 0.496 e. The fourth-order valence-electron chi connectivity index (χ4n) is 1.43. The normalized spacial score (nSPS) is 10.4. The van der Waals surface area contributed by atoms with Crippen LogP contribution in [0.4, 0.5) is 5.82 Å². The van der Waals surface area contributed by atoms with E-state index >= 15 is 0 Å². The van der Waals surface area contributed by atoms with E-state index < -0.39 is 0 Å². The van der Waals surface area contributed by atoms with Gasteiger partial charge in [-0.1, -0.05) is 16.8 Å². The van der Waals surface area contributed by atoms with Crippen LogP contribution in [-0.4, -0.2) is 12.3 Å². The van der Waals surface area contributed by atoms with Crippen molar-refractivity contribution in [2.24, 2.45) is 0 Å². The maximum Gasteiger partial charge on any atom is 0.169 e. The van der Waals surface area contributed by atoms with Crippen LogP contribution in [-0.2, 0) is 0 Å². The van der Waals surface area contributed by atoms with Gasteiger partial charge in [-0.2, -0.15) is 0 Å². The van der Waals surface area contributed by atoms with Crippen LogP contribution < -0.4 is 10.5 Å². The van der Waals surface area contributed by atoms with Crippen LogP contribution in [0.1, 0.15) is 5.56 Å². The number of hydrogen-bond acceptors (Lipinski definition) is 4. The molecule has 0 fully saturated rings. The molecule has 5 heteroatoms. The summed E-state index contributed by atoms with van der Waals surface area (Å²) in [5.74, 6) is 1.61. The lowest BCUT2D eigenvalue weighted by Crippen LogP contribution is -1.89. The van der Waals surface area contributed by atoms with E-state index in [0.29, 0.717) is 22.4 Å². The summed E-state index contributed by atoms with van der Waals surface area (Å²) in [5.41, 5.74) is 7.16. The Bertz CT molecular complexity index is 523. The number of methoxy groups -OCH3 is 1. The lowest BCUT2D eigenvalue weighted by Gasteiger charge is -2.07. The van der Waals surface area contributed by atoms with Crippen molar-refractivity contribution < 1.29 is 9.26 Å². The van der Waals surface area contributed by atoms with Crippen molar-refractivity contribution in [3.63, 3.8) is 0 Å². The molecule has 0 bridgehead atoms. The number of nitrogen functional groups attached to an aromatic ring is 1. The molecular weight excluding hydrogens is 228 g/mol. The summed E-state index contributed by atoms with van der Waals surface area (Å²) in [6, 6.07) is 5.26. The number of hydrogen-bond donors (Lipinski definition) is 1. The Hall–Kier alpha value is -1.68. The first-order chi connectivity index (χ1) is 7.61.